The number of halogens is 1. The van der Waals surface area contributed by atoms with Crippen LogP contribution in [0, 0.1) is 0 Å². The molecule has 0 aliphatic heterocycles. The molecule has 0 radical (unpaired) electrons. The van der Waals surface area contributed by atoms with E-state index in [1.807, 2.05) is 17.9 Å². The highest BCUT2D eigenvalue weighted by molar-refractivity contribution is 9.10. The predicted molar refractivity (Wildman–Crippen MR) is 80.1 cm³/mol. The van der Waals surface area contributed by atoms with E-state index in [1.54, 1.807) is 0 Å². The lowest BCUT2D eigenvalue weighted by Gasteiger charge is -2.14. The van der Waals surface area contributed by atoms with Gasteiger partial charge in [0.1, 0.15) is 0 Å². The van der Waals surface area contributed by atoms with Crippen molar-refractivity contribution in [1.29, 1.82) is 0 Å². The van der Waals surface area contributed by atoms with Gasteiger partial charge in [-0.05, 0) is 36.1 Å². The number of fused-ring (bicyclic) bond motifs is 1. The Bertz CT molecular complexity index is 577. The molecule has 0 fully saturated rings. The molecule has 100 valence electrons. The molecule has 3 nitrogen and oxygen atoms in total. The normalized spacial score (nSPS) is 17.7. The second kappa shape index (κ2) is 5.47. The van der Waals surface area contributed by atoms with Crippen molar-refractivity contribution >= 4 is 15.9 Å². The zero-order valence-corrected chi connectivity index (χ0v) is 12.7. The minimum absolute atomic E-state index is 0.501. The Hall–Kier alpha value is -1.13. The molecule has 3 rings (SSSR count). The van der Waals surface area contributed by atoms with Crippen molar-refractivity contribution in [2.24, 2.45) is 7.05 Å². The summed E-state index contributed by atoms with van der Waals surface area (Å²) < 4.78 is 3.20. The van der Waals surface area contributed by atoms with Crippen molar-refractivity contribution in [3.63, 3.8) is 0 Å². The van der Waals surface area contributed by atoms with Gasteiger partial charge in [-0.15, -0.1) is 0 Å². The quantitative estimate of drug-likeness (QED) is 0.938. The van der Waals surface area contributed by atoms with E-state index in [1.165, 1.54) is 34.1 Å². The molecule has 1 heterocycles. The fourth-order valence-electron chi connectivity index (χ4n) is 2.84. The van der Waals surface area contributed by atoms with Crippen molar-refractivity contribution in [1.82, 2.24) is 15.1 Å². The molecule has 1 N–H and O–H groups in total. The van der Waals surface area contributed by atoms with E-state index in [9.17, 15) is 0 Å². The van der Waals surface area contributed by atoms with Crippen LogP contribution in [-0.2, 0) is 19.9 Å². The fraction of sp³-hybridized carbons (Fsp3) is 0.400. The summed E-state index contributed by atoms with van der Waals surface area (Å²) in [6.07, 6.45) is 5.25. The average molecular weight is 320 g/mol. The van der Waals surface area contributed by atoms with Crippen LogP contribution in [0.25, 0.3) is 0 Å². The highest BCUT2D eigenvalue weighted by Crippen LogP contribution is 2.35. The Morgan fingerprint density at radius 1 is 1.42 bits per heavy atom. The van der Waals surface area contributed by atoms with Gasteiger partial charge < -0.3 is 5.32 Å². The van der Waals surface area contributed by atoms with Gasteiger partial charge in [0, 0.05) is 42.4 Å². The molecule has 19 heavy (non-hydrogen) atoms. The highest BCUT2D eigenvalue weighted by atomic mass is 79.9. The first kappa shape index (κ1) is 12.9. The molecule has 1 atom stereocenters. The SMILES string of the molecule is Cn1nccc1CCNC1CCc2c(Br)cccc21. The topological polar surface area (TPSA) is 29.9 Å². The first-order valence-electron chi connectivity index (χ1n) is 6.73. The number of aryl methyl sites for hydroxylation is 1. The molecule has 1 aromatic carbocycles. The van der Waals surface area contributed by atoms with Gasteiger partial charge in [0.05, 0.1) is 0 Å². The number of nitrogens with one attached hydrogen (secondary N) is 1. The van der Waals surface area contributed by atoms with Crippen molar-refractivity contribution in [3.05, 3.63) is 51.8 Å². The van der Waals surface area contributed by atoms with E-state index in [0.29, 0.717) is 6.04 Å². The summed E-state index contributed by atoms with van der Waals surface area (Å²) in [5.74, 6) is 0. The average Bonchev–Trinajstić information content (AvgIpc) is 2.98. The van der Waals surface area contributed by atoms with Crippen LogP contribution in [-0.4, -0.2) is 16.3 Å². The standard InChI is InChI=1S/C15H18BrN3/c1-19-11(8-10-18-19)7-9-17-15-6-5-12-13(15)3-2-4-14(12)16/h2-4,8,10,15,17H,5-7,9H2,1H3. The first-order chi connectivity index (χ1) is 9.25. The van der Waals surface area contributed by atoms with Crippen LogP contribution in [0.4, 0.5) is 0 Å². The Morgan fingerprint density at radius 2 is 2.32 bits per heavy atom. The van der Waals surface area contributed by atoms with Gasteiger partial charge in [-0.3, -0.25) is 4.68 Å². The Balaban J connectivity index is 1.61. The largest absolute Gasteiger partial charge is 0.310 e. The molecule has 0 saturated heterocycles. The molecule has 2 aromatic rings. The maximum absolute atomic E-state index is 4.20. The maximum Gasteiger partial charge on any atom is 0.0492 e. The van der Waals surface area contributed by atoms with Crippen LogP contribution in [0.15, 0.2) is 34.9 Å². The predicted octanol–water partition coefficient (Wildman–Crippen LogP) is 3.00. The third-order valence-corrected chi connectivity index (χ3v) is 4.65. The number of rotatable bonds is 4. The highest BCUT2D eigenvalue weighted by Gasteiger charge is 2.23. The lowest BCUT2D eigenvalue weighted by atomic mass is 10.1. The second-order valence-electron chi connectivity index (χ2n) is 5.05. The number of benzene rings is 1. The van der Waals surface area contributed by atoms with E-state index < -0.39 is 0 Å². The maximum atomic E-state index is 4.20. The lowest BCUT2D eigenvalue weighted by Crippen LogP contribution is -2.22. The van der Waals surface area contributed by atoms with Crippen molar-refractivity contribution in [2.75, 3.05) is 6.54 Å². The molecule has 0 saturated carbocycles. The van der Waals surface area contributed by atoms with E-state index >= 15 is 0 Å². The van der Waals surface area contributed by atoms with Crippen molar-refractivity contribution in [2.45, 2.75) is 25.3 Å². The summed E-state index contributed by atoms with van der Waals surface area (Å²) in [7, 11) is 2.00. The molecule has 0 bridgehead atoms. The zero-order valence-electron chi connectivity index (χ0n) is 11.1. The summed E-state index contributed by atoms with van der Waals surface area (Å²) in [5, 5.41) is 7.87. The van der Waals surface area contributed by atoms with Crippen LogP contribution in [0.2, 0.25) is 0 Å². The fourth-order valence-corrected chi connectivity index (χ4v) is 3.42. The van der Waals surface area contributed by atoms with Crippen molar-refractivity contribution < 1.29 is 0 Å². The van der Waals surface area contributed by atoms with Crippen molar-refractivity contribution in [3.8, 4) is 0 Å². The monoisotopic (exact) mass is 319 g/mol. The molecule has 1 unspecified atom stereocenters. The molecule has 1 aromatic heterocycles. The van der Waals surface area contributed by atoms with E-state index in [2.05, 4.69) is 50.6 Å². The number of nitrogens with zero attached hydrogens (tertiary/aromatic N) is 2. The second-order valence-corrected chi connectivity index (χ2v) is 5.90. The minimum atomic E-state index is 0.501. The molecule has 1 aliphatic rings. The van der Waals surface area contributed by atoms with Gasteiger partial charge in [0.2, 0.25) is 0 Å². The molecule has 4 heteroatoms. The number of hydrogen-bond donors (Lipinski definition) is 1. The molecule has 1 aliphatic carbocycles. The van der Waals surface area contributed by atoms with Gasteiger partial charge >= 0.3 is 0 Å². The molecular weight excluding hydrogens is 302 g/mol. The van der Waals surface area contributed by atoms with Gasteiger partial charge in [-0.1, -0.05) is 28.1 Å². The summed E-state index contributed by atoms with van der Waals surface area (Å²) in [4.78, 5) is 0. The smallest absolute Gasteiger partial charge is 0.0492 e. The van der Waals surface area contributed by atoms with Crippen LogP contribution >= 0.6 is 15.9 Å². The Labute approximate surface area is 122 Å². The third-order valence-electron chi connectivity index (χ3n) is 3.91. The van der Waals surface area contributed by atoms with E-state index in [0.717, 1.165) is 13.0 Å². The van der Waals surface area contributed by atoms with E-state index in [4.69, 9.17) is 0 Å². The molecular formula is C15H18BrN3. The molecule has 0 spiro atoms. The van der Waals surface area contributed by atoms with Gasteiger partial charge in [-0.2, -0.15) is 5.10 Å². The van der Waals surface area contributed by atoms with Crippen LogP contribution in [0.1, 0.15) is 29.3 Å². The van der Waals surface area contributed by atoms with Crippen LogP contribution < -0.4 is 5.32 Å². The lowest BCUT2D eigenvalue weighted by molar-refractivity contribution is 0.526. The van der Waals surface area contributed by atoms with Gasteiger partial charge in [0.15, 0.2) is 0 Å². The first-order valence-corrected chi connectivity index (χ1v) is 7.52. The Morgan fingerprint density at radius 3 is 3.11 bits per heavy atom. The van der Waals surface area contributed by atoms with Gasteiger partial charge in [-0.25, -0.2) is 0 Å². The molecule has 0 amide bonds. The van der Waals surface area contributed by atoms with Crippen LogP contribution in [0.3, 0.4) is 0 Å². The zero-order chi connectivity index (χ0) is 13.2. The summed E-state index contributed by atoms with van der Waals surface area (Å²) in [6.45, 7) is 0.996. The summed E-state index contributed by atoms with van der Waals surface area (Å²) in [6, 6.07) is 9.09. The number of aromatic nitrogens is 2. The summed E-state index contributed by atoms with van der Waals surface area (Å²) in [5.41, 5.74) is 4.21. The number of hydrogen-bond acceptors (Lipinski definition) is 2. The van der Waals surface area contributed by atoms with E-state index in [-0.39, 0.29) is 0 Å². The van der Waals surface area contributed by atoms with Gasteiger partial charge in [0.25, 0.3) is 0 Å². The summed E-state index contributed by atoms with van der Waals surface area (Å²) >= 11 is 3.64. The van der Waals surface area contributed by atoms with Crippen LogP contribution in [0.5, 0.6) is 0 Å². The Kier molecular flexibility index (Phi) is 3.71. The minimum Gasteiger partial charge on any atom is -0.310 e. The third kappa shape index (κ3) is 2.60.